The van der Waals surface area contributed by atoms with E-state index in [1.165, 1.54) is 30.5 Å². The highest BCUT2D eigenvalue weighted by Crippen LogP contribution is 2.35. The predicted octanol–water partition coefficient (Wildman–Crippen LogP) is 4.48. The lowest BCUT2D eigenvalue weighted by molar-refractivity contribution is -0.137. The van der Waals surface area contributed by atoms with E-state index in [0.29, 0.717) is 24.7 Å². The maximum absolute atomic E-state index is 13.6. The van der Waals surface area contributed by atoms with Crippen LogP contribution in [0.15, 0.2) is 36.5 Å². The number of anilines is 2. The number of halogens is 3. The first-order valence-corrected chi connectivity index (χ1v) is 9.61. The van der Waals surface area contributed by atoms with Crippen LogP contribution in [-0.4, -0.2) is 36.4 Å². The third-order valence-electron chi connectivity index (χ3n) is 5.01. The fourth-order valence-electron chi connectivity index (χ4n) is 3.71. The molecular weight excluding hydrogens is 381 g/mol. The molecule has 0 bridgehead atoms. The Balaban J connectivity index is 0.00000320. The fourth-order valence-corrected chi connectivity index (χ4v) is 3.71. The number of pyridine rings is 1. The number of rotatable bonds is 5. The van der Waals surface area contributed by atoms with Gasteiger partial charge in [-0.2, -0.15) is 13.2 Å². The van der Waals surface area contributed by atoms with Gasteiger partial charge in [-0.15, -0.1) is 0 Å². The lowest BCUT2D eigenvalue weighted by Crippen LogP contribution is -2.51. The zero-order valence-corrected chi connectivity index (χ0v) is 16.5. The van der Waals surface area contributed by atoms with Crippen LogP contribution in [0.5, 0.6) is 0 Å². The zero-order valence-electron chi connectivity index (χ0n) is 16.5. The predicted molar refractivity (Wildman–Crippen MR) is 113 cm³/mol. The van der Waals surface area contributed by atoms with Crippen molar-refractivity contribution >= 4 is 17.3 Å². The minimum absolute atomic E-state index is 0. The Morgan fingerprint density at radius 1 is 1.34 bits per heavy atom. The number of nitrogen functional groups attached to an aromatic ring is 1. The van der Waals surface area contributed by atoms with Gasteiger partial charge < -0.3 is 16.0 Å². The van der Waals surface area contributed by atoms with Crippen LogP contribution in [0.2, 0.25) is 0 Å². The molecule has 2 heterocycles. The van der Waals surface area contributed by atoms with Crippen LogP contribution in [0.25, 0.3) is 0 Å². The lowest BCUT2D eigenvalue weighted by Gasteiger charge is -2.36. The van der Waals surface area contributed by atoms with E-state index < -0.39 is 23.1 Å². The van der Waals surface area contributed by atoms with Crippen molar-refractivity contribution in [2.75, 3.05) is 30.3 Å². The van der Waals surface area contributed by atoms with E-state index in [-0.39, 0.29) is 21.7 Å². The molecule has 0 aliphatic carbocycles. The van der Waals surface area contributed by atoms with E-state index in [0.717, 1.165) is 19.0 Å². The highest BCUT2D eigenvalue weighted by molar-refractivity contribution is 6.13. The first kappa shape index (κ1) is 21.1. The van der Waals surface area contributed by atoms with E-state index in [1.54, 1.807) is 0 Å². The Hall–Kier alpha value is -2.61. The summed E-state index contributed by atoms with van der Waals surface area (Å²) in [5.41, 5.74) is 4.92. The summed E-state index contributed by atoms with van der Waals surface area (Å²) >= 11 is 0. The van der Waals surface area contributed by atoms with Crippen molar-refractivity contribution in [1.29, 1.82) is 0 Å². The zero-order chi connectivity index (χ0) is 21.2. The molecule has 3 rings (SSSR count). The average Bonchev–Trinajstić information content (AvgIpc) is 2.66. The highest BCUT2D eigenvalue weighted by atomic mass is 19.4. The van der Waals surface area contributed by atoms with E-state index in [4.69, 9.17) is 5.73 Å². The van der Waals surface area contributed by atoms with Crippen LogP contribution >= 0.6 is 0 Å². The van der Waals surface area contributed by atoms with Crippen molar-refractivity contribution in [2.24, 2.45) is 5.92 Å². The van der Waals surface area contributed by atoms with Crippen molar-refractivity contribution in [3.05, 3.63) is 53.2 Å². The van der Waals surface area contributed by atoms with Crippen molar-refractivity contribution < 1.29 is 22.2 Å². The second-order valence-corrected chi connectivity index (χ2v) is 7.72. The minimum atomic E-state index is -4.65. The summed E-state index contributed by atoms with van der Waals surface area (Å²) < 4.78 is 40.7. The molecule has 2 aromatic rings. The number of piperazine rings is 1. The molecule has 5 nitrogen and oxygen atoms in total. The first-order chi connectivity index (χ1) is 13.7. The summed E-state index contributed by atoms with van der Waals surface area (Å²) in [5, 5.41) is 3.44. The normalized spacial score (nSPS) is 17.6. The number of nitrogens with one attached hydrogen (secondary N) is 1. The number of alkyl halides is 3. The largest absolute Gasteiger partial charge is 0.417 e. The van der Waals surface area contributed by atoms with Gasteiger partial charge >= 0.3 is 6.18 Å². The summed E-state index contributed by atoms with van der Waals surface area (Å²) in [6.45, 7) is 6.33. The SMILES string of the molecule is CC(C)C[C@H]1CN(c2ccc(C(F)(F)F)c(C(=O)c3cccnc3N)c2)CCN1.[HH].[HH].[HH]. The monoisotopic (exact) mass is 412 g/mol. The summed E-state index contributed by atoms with van der Waals surface area (Å²) in [5.74, 6) is -0.361. The van der Waals surface area contributed by atoms with Gasteiger partial charge in [0, 0.05) is 47.4 Å². The maximum Gasteiger partial charge on any atom is 0.417 e. The molecule has 0 radical (unpaired) electrons. The Kier molecular flexibility index (Phi) is 6.12. The van der Waals surface area contributed by atoms with Crippen molar-refractivity contribution in [3.8, 4) is 0 Å². The smallest absolute Gasteiger partial charge is 0.383 e. The molecule has 0 saturated carbocycles. The van der Waals surface area contributed by atoms with Crippen LogP contribution in [0.1, 0.15) is 46.0 Å². The summed E-state index contributed by atoms with van der Waals surface area (Å²) in [6, 6.07) is 6.86. The van der Waals surface area contributed by atoms with Gasteiger partial charge in [-0.25, -0.2) is 4.98 Å². The second kappa shape index (κ2) is 8.41. The van der Waals surface area contributed by atoms with Crippen LogP contribution in [0.3, 0.4) is 0 Å². The van der Waals surface area contributed by atoms with Gasteiger partial charge in [-0.1, -0.05) is 13.8 Å². The Bertz CT molecular complexity index is 897. The molecule has 29 heavy (non-hydrogen) atoms. The van der Waals surface area contributed by atoms with Crippen LogP contribution in [-0.2, 0) is 6.18 Å². The van der Waals surface area contributed by atoms with Gasteiger partial charge in [-0.3, -0.25) is 4.79 Å². The van der Waals surface area contributed by atoms with Gasteiger partial charge in [0.1, 0.15) is 5.82 Å². The third kappa shape index (κ3) is 4.87. The summed E-state index contributed by atoms with van der Waals surface area (Å²) in [6.07, 6.45) is -2.29. The van der Waals surface area contributed by atoms with Gasteiger partial charge in [0.05, 0.1) is 11.1 Å². The van der Waals surface area contributed by atoms with Crippen molar-refractivity contribution in [3.63, 3.8) is 0 Å². The summed E-state index contributed by atoms with van der Waals surface area (Å²) in [4.78, 5) is 18.8. The molecule has 1 atom stereocenters. The molecule has 8 heteroatoms. The molecular formula is C21H31F3N4O. The number of benzene rings is 1. The Morgan fingerprint density at radius 3 is 2.76 bits per heavy atom. The second-order valence-electron chi connectivity index (χ2n) is 7.72. The molecule has 3 N–H and O–H groups in total. The molecule has 0 spiro atoms. The van der Waals surface area contributed by atoms with E-state index in [2.05, 4.69) is 24.1 Å². The molecule has 0 amide bonds. The number of nitrogens with two attached hydrogens (primary N) is 1. The number of nitrogens with zero attached hydrogens (tertiary/aromatic N) is 2. The molecule has 1 aliphatic rings. The van der Waals surface area contributed by atoms with Gasteiger partial charge in [0.15, 0.2) is 5.78 Å². The fraction of sp³-hybridized carbons (Fsp3) is 0.429. The average molecular weight is 412 g/mol. The Labute approximate surface area is 172 Å². The van der Waals surface area contributed by atoms with Crippen LogP contribution in [0, 0.1) is 5.92 Å². The van der Waals surface area contributed by atoms with Gasteiger partial charge in [-0.05, 0) is 42.7 Å². The van der Waals surface area contributed by atoms with E-state index in [9.17, 15) is 18.0 Å². The number of aromatic nitrogens is 1. The quantitative estimate of drug-likeness (QED) is 0.709. The highest BCUT2D eigenvalue weighted by Gasteiger charge is 2.36. The Morgan fingerprint density at radius 2 is 2.10 bits per heavy atom. The number of hydrogen-bond acceptors (Lipinski definition) is 5. The van der Waals surface area contributed by atoms with Crippen LogP contribution in [0.4, 0.5) is 24.7 Å². The summed E-state index contributed by atoms with van der Waals surface area (Å²) in [7, 11) is 0. The number of hydrogen-bond donors (Lipinski definition) is 2. The molecule has 1 saturated heterocycles. The minimum Gasteiger partial charge on any atom is -0.383 e. The van der Waals surface area contributed by atoms with Gasteiger partial charge in [0.2, 0.25) is 0 Å². The van der Waals surface area contributed by atoms with Crippen LogP contribution < -0.4 is 16.0 Å². The third-order valence-corrected chi connectivity index (χ3v) is 5.01. The number of ketones is 1. The van der Waals surface area contributed by atoms with Crippen molar-refractivity contribution in [1.82, 2.24) is 10.3 Å². The molecule has 1 aliphatic heterocycles. The van der Waals surface area contributed by atoms with E-state index >= 15 is 0 Å². The molecule has 1 aromatic carbocycles. The first-order valence-electron chi connectivity index (χ1n) is 9.61. The maximum atomic E-state index is 13.6. The standard InChI is InChI=1S/C21H25F3N4O.3H2/c1-13(2)10-14-12-28(9-8-26-14)15-5-6-18(21(22,23)24)17(11-15)19(29)16-4-3-7-27-20(16)25;;;/h3-7,11,13-14,26H,8-10,12H2,1-2H3,(H2,25,27);3*1H/t14-;;;/m0.../s1. The number of carbonyl (C=O) groups excluding carboxylic acids is 1. The topological polar surface area (TPSA) is 71.2 Å². The van der Waals surface area contributed by atoms with Crippen molar-refractivity contribution in [2.45, 2.75) is 32.5 Å². The molecule has 1 aromatic heterocycles. The molecule has 0 unspecified atom stereocenters. The van der Waals surface area contributed by atoms with E-state index in [1.807, 2.05) is 4.90 Å². The number of carbonyl (C=O) groups is 1. The molecule has 162 valence electrons. The molecule has 1 fully saturated rings. The van der Waals surface area contributed by atoms with Gasteiger partial charge in [0.25, 0.3) is 0 Å². The lowest BCUT2D eigenvalue weighted by atomic mass is 9.96.